The molecule has 0 aromatic heterocycles. The van der Waals surface area contributed by atoms with Gasteiger partial charge in [0, 0.05) is 39.3 Å². The normalized spacial score (nSPS) is 11.3. The summed E-state index contributed by atoms with van der Waals surface area (Å²) in [5, 5.41) is 2.85. The third-order valence-corrected chi connectivity index (χ3v) is 6.22. The molecule has 0 radical (unpaired) electrons. The van der Waals surface area contributed by atoms with Crippen molar-refractivity contribution in [3.8, 4) is 5.75 Å². The van der Waals surface area contributed by atoms with Crippen LogP contribution in [-0.2, 0) is 10.0 Å². The topological polar surface area (TPSA) is 96.0 Å². The summed E-state index contributed by atoms with van der Waals surface area (Å²) in [5.74, 6) is -0.716. The number of carbonyl (C=O) groups excluding carboxylic acids is 2. The molecule has 0 bridgehead atoms. The molecule has 8 nitrogen and oxygen atoms in total. The lowest BCUT2D eigenvalue weighted by Gasteiger charge is -2.16. The molecule has 0 aliphatic rings. The monoisotopic (exact) mass is 439 g/mol. The maximum absolute atomic E-state index is 12.7. The number of nitrogens with zero attached hydrogens (tertiary/aromatic N) is 2. The minimum atomic E-state index is -3.83. The van der Waals surface area contributed by atoms with Gasteiger partial charge in [-0.3, -0.25) is 9.59 Å². The van der Waals surface area contributed by atoms with Crippen LogP contribution in [0.15, 0.2) is 41.3 Å². The second-order valence-electron chi connectivity index (χ2n) is 6.50. The van der Waals surface area contributed by atoms with Gasteiger partial charge in [-0.25, -0.2) is 12.7 Å². The molecular formula is C19H22ClN3O5S. The first-order valence-electron chi connectivity index (χ1n) is 8.42. The van der Waals surface area contributed by atoms with Crippen LogP contribution in [0, 0.1) is 0 Å². The fourth-order valence-corrected chi connectivity index (χ4v) is 3.66. The molecule has 0 fully saturated rings. The van der Waals surface area contributed by atoms with Crippen molar-refractivity contribution >= 4 is 39.1 Å². The Bertz CT molecular complexity index is 1050. The first kappa shape index (κ1) is 22.7. The smallest absolute Gasteiger partial charge is 0.255 e. The van der Waals surface area contributed by atoms with Crippen molar-refractivity contribution in [2.75, 3.05) is 40.6 Å². The Labute approximate surface area is 175 Å². The average Bonchev–Trinajstić information content (AvgIpc) is 2.68. The second kappa shape index (κ2) is 8.81. The highest BCUT2D eigenvalue weighted by Gasteiger charge is 2.24. The number of sulfonamides is 1. The number of methoxy groups -OCH3 is 1. The van der Waals surface area contributed by atoms with Gasteiger partial charge in [-0.2, -0.15) is 0 Å². The van der Waals surface area contributed by atoms with Crippen molar-refractivity contribution < 1.29 is 22.7 Å². The summed E-state index contributed by atoms with van der Waals surface area (Å²) in [7, 11) is 3.50. The Morgan fingerprint density at radius 1 is 1.00 bits per heavy atom. The van der Waals surface area contributed by atoms with Gasteiger partial charge in [0.05, 0.1) is 17.8 Å². The molecule has 0 saturated carbocycles. The molecule has 0 heterocycles. The molecule has 2 rings (SSSR count). The van der Waals surface area contributed by atoms with Crippen LogP contribution in [0.25, 0.3) is 0 Å². The quantitative estimate of drug-likeness (QED) is 0.746. The van der Waals surface area contributed by atoms with Crippen molar-refractivity contribution in [2.45, 2.75) is 4.90 Å². The first-order chi connectivity index (χ1) is 13.5. The lowest BCUT2D eigenvalue weighted by molar-refractivity contribution is 0.0827. The second-order valence-corrected chi connectivity index (χ2v) is 9.03. The van der Waals surface area contributed by atoms with Crippen molar-refractivity contribution in [3.63, 3.8) is 0 Å². The minimum absolute atomic E-state index is 0.0895. The number of rotatable bonds is 6. The zero-order chi connectivity index (χ0) is 21.9. The fourth-order valence-electron chi connectivity index (χ4n) is 2.42. The highest BCUT2D eigenvalue weighted by molar-refractivity contribution is 7.89. The number of hydrogen-bond donors (Lipinski definition) is 1. The Morgan fingerprint density at radius 2 is 1.62 bits per heavy atom. The maximum Gasteiger partial charge on any atom is 0.255 e. The van der Waals surface area contributed by atoms with Crippen LogP contribution in [0.4, 0.5) is 5.69 Å². The summed E-state index contributed by atoms with van der Waals surface area (Å²) in [6.45, 7) is 0. The largest absolute Gasteiger partial charge is 0.495 e. The van der Waals surface area contributed by atoms with Crippen LogP contribution in [0.2, 0.25) is 5.02 Å². The van der Waals surface area contributed by atoms with E-state index in [1.165, 1.54) is 56.4 Å². The number of halogens is 1. The van der Waals surface area contributed by atoms with Crippen molar-refractivity contribution in [3.05, 3.63) is 52.5 Å². The third kappa shape index (κ3) is 4.87. The molecule has 29 heavy (non-hydrogen) atoms. The van der Waals surface area contributed by atoms with Crippen LogP contribution < -0.4 is 10.1 Å². The summed E-state index contributed by atoms with van der Waals surface area (Å²) in [6, 6.07) is 8.58. The molecule has 10 heteroatoms. The van der Waals surface area contributed by atoms with E-state index < -0.39 is 15.9 Å². The average molecular weight is 440 g/mol. The number of ether oxygens (including phenoxy) is 1. The number of anilines is 1. The van der Waals surface area contributed by atoms with E-state index in [9.17, 15) is 18.0 Å². The molecule has 0 unspecified atom stereocenters. The van der Waals surface area contributed by atoms with Crippen molar-refractivity contribution in [1.29, 1.82) is 0 Å². The molecule has 0 aliphatic heterocycles. The van der Waals surface area contributed by atoms with Crippen LogP contribution in [0.5, 0.6) is 5.75 Å². The van der Waals surface area contributed by atoms with E-state index in [0.29, 0.717) is 5.56 Å². The molecular weight excluding hydrogens is 418 g/mol. The Morgan fingerprint density at radius 3 is 2.17 bits per heavy atom. The van der Waals surface area contributed by atoms with Crippen molar-refractivity contribution in [1.82, 2.24) is 9.21 Å². The highest BCUT2D eigenvalue weighted by atomic mass is 35.5. The van der Waals surface area contributed by atoms with Gasteiger partial charge in [-0.05, 0) is 36.4 Å². The van der Waals surface area contributed by atoms with Gasteiger partial charge in [-0.1, -0.05) is 11.6 Å². The van der Waals surface area contributed by atoms with Crippen LogP contribution >= 0.6 is 11.6 Å². The summed E-state index contributed by atoms with van der Waals surface area (Å²) in [5.41, 5.74) is 0.670. The Hall–Kier alpha value is -2.62. The molecule has 1 N–H and O–H groups in total. The van der Waals surface area contributed by atoms with E-state index in [2.05, 4.69) is 5.32 Å². The summed E-state index contributed by atoms with van der Waals surface area (Å²) in [4.78, 5) is 26.1. The lowest BCUT2D eigenvalue weighted by atomic mass is 10.1. The van der Waals surface area contributed by atoms with E-state index in [1.54, 1.807) is 20.2 Å². The van der Waals surface area contributed by atoms with E-state index in [1.807, 2.05) is 0 Å². The third-order valence-electron chi connectivity index (χ3n) is 4.05. The maximum atomic E-state index is 12.7. The van der Waals surface area contributed by atoms with Gasteiger partial charge >= 0.3 is 0 Å². The molecule has 2 aromatic carbocycles. The number of amides is 2. The van der Waals surface area contributed by atoms with E-state index in [-0.39, 0.29) is 32.8 Å². The number of carbonyl (C=O) groups is 2. The predicted molar refractivity (Wildman–Crippen MR) is 111 cm³/mol. The lowest BCUT2D eigenvalue weighted by Crippen LogP contribution is -2.23. The summed E-state index contributed by atoms with van der Waals surface area (Å²) < 4.78 is 31.2. The zero-order valence-corrected chi connectivity index (χ0v) is 18.3. The van der Waals surface area contributed by atoms with Gasteiger partial charge in [0.25, 0.3) is 11.8 Å². The van der Waals surface area contributed by atoms with Crippen molar-refractivity contribution in [2.24, 2.45) is 0 Å². The first-order valence-corrected chi connectivity index (χ1v) is 10.2. The van der Waals surface area contributed by atoms with Gasteiger partial charge in [0.15, 0.2) is 0 Å². The summed E-state index contributed by atoms with van der Waals surface area (Å²) >= 11 is 6.14. The van der Waals surface area contributed by atoms with Gasteiger partial charge in [-0.15, -0.1) is 0 Å². The number of benzene rings is 2. The molecule has 156 valence electrons. The number of nitrogens with one attached hydrogen (secondary N) is 1. The van der Waals surface area contributed by atoms with Crippen LogP contribution in [0.1, 0.15) is 20.7 Å². The highest BCUT2D eigenvalue weighted by Crippen LogP contribution is 2.28. The minimum Gasteiger partial charge on any atom is -0.495 e. The Balaban J connectivity index is 2.42. The zero-order valence-electron chi connectivity index (χ0n) is 16.7. The van der Waals surface area contributed by atoms with Gasteiger partial charge < -0.3 is 15.0 Å². The summed E-state index contributed by atoms with van der Waals surface area (Å²) in [6.07, 6.45) is 0. The van der Waals surface area contributed by atoms with E-state index in [4.69, 9.17) is 16.3 Å². The molecule has 0 spiro atoms. The molecule has 2 aromatic rings. The van der Waals surface area contributed by atoms with E-state index >= 15 is 0 Å². The van der Waals surface area contributed by atoms with Gasteiger partial charge in [0.1, 0.15) is 10.6 Å². The molecule has 0 atom stereocenters. The molecule has 2 amide bonds. The van der Waals surface area contributed by atoms with Gasteiger partial charge in [0.2, 0.25) is 10.0 Å². The standard InChI is InChI=1S/C19H22ClN3O5S/c1-22(2)19(25)13-6-8-14(20)15(10-13)21-18(24)12-7-9-16(28-5)17(11-12)29(26,27)23(3)4/h6-11H,1-5H3,(H,21,24). The van der Waals surface area contributed by atoms with E-state index in [0.717, 1.165) is 4.31 Å². The molecule has 0 saturated heterocycles. The fraction of sp³-hybridized carbons (Fsp3) is 0.263. The SMILES string of the molecule is COc1ccc(C(=O)Nc2cc(C(=O)N(C)C)ccc2Cl)cc1S(=O)(=O)N(C)C. The van der Waals surface area contributed by atoms with Crippen LogP contribution in [-0.4, -0.2) is 64.7 Å². The predicted octanol–water partition coefficient (Wildman–Crippen LogP) is 2.55. The Kier molecular flexibility index (Phi) is 6.89. The molecule has 0 aliphatic carbocycles. The number of hydrogen-bond acceptors (Lipinski definition) is 5. The van der Waals surface area contributed by atoms with Crippen LogP contribution in [0.3, 0.4) is 0 Å².